The Kier molecular flexibility index (Phi) is 20.5. The normalized spacial score (nSPS) is 14.5. The number of rotatable bonds is 21. The Balaban J connectivity index is 3.52. The number of carbonyl (C=O) groups is 1. The number of hydrogen-bond donors (Lipinski definition) is 3. The van der Waals surface area contributed by atoms with Crippen molar-refractivity contribution in [1.82, 2.24) is 0 Å². The molecule has 0 aromatic rings. The highest BCUT2D eigenvalue weighted by Crippen LogP contribution is 2.22. The van der Waals surface area contributed by atoms with Crippen molar-refractivity contribution >= 4 is 14.0 Å². The third kappa shape index (κ3) is 20.6. The minimum atomic E-state index is -2.50. The minimum absolute atomic E-state index is 0.157. The van der Waals surface area contributed by atoms with Crippen LogP contribution >= 0.6 is 8.03 Å². The van der Waals surface area contributed by atoms with Crippen LogP contribution in [0, 0.1) is 0 Å². The molecular weight excluding hydrogens is 393 g/mol. The van der Waals surface area contributed by atoms with Gasteiger partial charge in [0.2, 0.25) is 0 Å². The maximum Gasteiger partial charge on any atom is 0.306 e. The van der Waals surface area contributed by atoms with Crippen molar-refractivity contribution in [3.05, 3.63) is 0 Å². The number of nitrogens with two attached hydrogens (primary N) is 1. The molecule has 7 nitrogen and oxygen atoms in total. The van der Waals surface area contributed by atoms with Gasteiger partial charge in [-0.1, -0.05) is 84.0 Å². The van der Waals surface area contributed by atoms with Crippen molar-refractivity contribution in [1.29, 1.82) is 0 Å². The Bertz CT molecular complexity index is 409. The summed E-state index contributed by atoms with van der Waals surface area (Å²) in [7, 11) is -2.50. The third-order valence-corrected chi connectivity index (χ3v) is 6.03. The zero-order valence-electron chi connectivity index (χ0n) is 18.3. The van der Waals surface area contributed by atoms with E-state index >= 15 is 0 Å². The summed E-state index contributed by atoms with van der Waals surface area (Å²) in [6.45, 7) is 1.68. The van der Waals surface area contributed by atoms with Gasteiger partial charge in [-0.3, -0.25) is 9.36 Å². The van der Waals surface area contributed by atoms with Crippen LogP contribution in [0.25, 0.3) is 0 Å². The first-order valence-electron chi connectivity index (χ1n) is 11.4. The fourth-order valence-electron chi connectivity index (χ4n) is 3.07. The van der Waals surface area contributed by atoms with Gasteiger partial charge in [0.15, 0.2) is 8.03 Å². The Morgan fingerprint density at radius 2 is 1.41 bits per heavy atom. The van der Waals surface area contributed by atoms with Crippen molar-refractivity contribution in [2.24, 2.45) is 5.73 Å². The van der Waals surface area contributed by atoms with E-state index in [9.17, 15) is 14.5 Å². The Morgan fingerprint density at radius 1 is 0.931 bits per heavy atom. The molecule has 0 radical (unpaired) electrons. The molecule has 4 N–H and O–H groups in total. The van der Waals surface area contributed by atoms with E-state index in [0.29, 0.717) is 6.42 Å². The fraction of sp³-hybridized carbons (Fsp3) is 0.952. The predicted octanol–water partition coefficient (Wildman–Crippen LogP) is 4.14. The molecule has 174 valence electrons. The SMILES string of the molecule is CCCCCCCCCCCCCCCC(=O)OC(CO)CO[PH](=O)CC(N)O. The first-order valence-corrected chi connectivity index (χ1v) is 12.9. The van der Waals surface area contributed by atoms with Crippen molar-refractivity contribution in [2.45, 2.75) is 109 Å². The average molecular weight is 438 g/mol. The highest BCUT2D eigenvalue weighted by molar-refractivity contribution is 7.39. The van der Waals surface area contributed by atoms with E-state index in [-0.39, 0.29) is 18.7 Å². The minimum Gasteiger partial charge on any atom is -0.457 e. The molecule has 3 atom stereocenters. The number of hydrogen-bond acceptors (Lipinski definition) is 7. The zero-order chi connectivity index (χ0) is 21.7. The van der Waals surface area contributed by atoms with E-state index in [1.807, 2.05) is 0 Å². The molecule has 0 amide bonds. The van der Waals surface area contributed by atoms with Crippen molar-refractivity contribution < 1.29 is 28.8 Å². The van der Waals surface area contributed by atoms with E-state index in [2.05, 4.69) is 6.92 Å². The fourth-order valence-corrected chi connectivity index (χ4v) is 3.90. The lowest BCUT2D eigenvalue weighted by molar-refractivity contribution is -0.152. The zero-order valence-corrected chi connectivity index (χ0v) is 19.3. The molecule has 0 heterocycles. The summed E-state index contributed by atoms with van der Waals surface area (Å²) in [6, 6.07) is 0. The largest absolute Gasteiger partial charge is 0.457 e. The summed E-state index contributed by atoms with van der Waals surface area (Å²) >= 11 is 0. The quantitative estimate of drug-likeness (QED) is 0.107. The van der Waals surface area contributed by atoms with Gasteiger partial charge >= 0.3 is 5.97 Å². The Hall–Kier alpha value is -0.460. The summed E-state index contributed by atoms with van der Waals surface area (Å²) in [5, 5.41) is 18.2. The summed E-state index contributed by atoms with van der Waals surface area (Å²) in [4.78, 5) is 11.8. The summed E-state index contributed by atoms with van der Waals surface area (Å²) < 4.78 is 21.6. The van der Waals surface area contributed by atoms with Crippen LogP contribution in [0.15, 0.2) is 0 Å². The molecule has 0 aliphatic heterocycles. The van der Waals surface area contributed by atoms with E-state index in [1.54, 1.807) is 0 Å². The molecule has 29 heavy (non-hydrogen) atoms. The van der Waals surface area contributed by atoms with Gasteiger partial charge in [0.05, 0.1) is 19.4 Å². The van der Waals surface area contributed by atoms with Gasteiger partial charge < -0.3 is 25.2 Å². The van der Waals surface area contributed by atoms with Gasteiger partial charge in [-0.05, 0) is 6.42 Å². The number of esters is 1. The van der Waals surface area contributed by atoms with Gasteiger partial charge in [-0.15, -0.1) is 0 Å². The maximum atomic E-state index is 11.8. The first-order chi connectivity index (χ1) is 14.0. The van der Waals surface area contributed by atoms with E-state index in [1.165, 1.54) is 64.2 Å². The molecule has 8 heteroatoms. The molecule has 0 aromatic carbocycles. The second kappa shape index (κ2) is 20.8. The molecule has 0 aliphatic carbocycles. The lowest BCUT2D eigenvalue weighted by Gasteiger charge is -2.16. The van der Waals surface area contributed by atoms with Gasteiger partial charge in [-0.2, -0.15) is 0 Å². The molecular formula is C21H44NO6P. The van der Waals surface area contributed by atoms with Crippen LogP contribution in [0.4, 0.5) is 0 Å². The number of aliphatic hydroxyl groups excluding tert-OH is 2. The average Bonchev–Trinajstić information content (AvgIpc) is 2.68. The highest BCUT2D eigenvalue weighted by Gasteiger charge is 2.15. The third-order valence-electron chi connectivity index (χ3n) is 4.79. The summed E-state index contributed by atoms with van der Waals surface area (Å²) in [6.07, 6.45) is 14.3. The highest BCUT2D eigenvalue weighted by atomic mass is 31.1. The van der Waals surface area contributed by atoms with Crippen molar-refractivity contribution in [3.63, 3.8) is 0 Å². The van der Waals surface area contributed by atoms with E-state index in [4.69, 9.17) is 20.1 Å². The Morgan fingerprint density at radius 3 is 1.86 bits per heavy atom. The van der Waals surface area contributed by atoms with Gasteiger partial charge in [0.1, 0.15) is 12.3 Å². The van der Waals surface area contributed by atoms with E-state index < -0.39 is 27.0 Å². The smallest absolute Gasteiger partial charge is 0.306 e. The molecule has 0 saturated carbocycles. The topological polar surface area (TPSA) is 119 Å². The molecule has 3 unspecified atom stereocenters. The molecule has 0 spiro atoms. The molecule has 0 saturated heterocycles. The second-order valence-electron chi connectivity index (χ2n) is 7.74. The number of aliphatic hydroxyl groups is 2. The summed E-state index contributed by atoms with van der Waals surface area (Å²) in [5.41, 5.74) is 5.12. The van der Waals surface area contributed by atoms with Crippen molar-refractivity contribution in [3.8, 4) is 0 Å². The lowest BCUT2D eigenvalue weighted by atomic mass is 10.0. The van der Waals surface area contributed by atoms with E-state index in [0.717, 1.165) is 19.3 Å². The van der Waals surface area contributed by atoms with Crippen LogP contribution in [0.5, 0.6) is 0 Å². The van der Waals surface area contributed by atoms with Crippen LogP contribution < -0.4 is 5.73 Å². The van der Waals surface area contributed by atoms with Gasteiger partial charge in [-0.25, -0.2) is 0 Å². The van der Waals surface area contributed by atoms with Crippen LogP contribution in [0.1, 0.15) is 96.8 Å². The standard InChI is InChI=1S/C21H44NO6P/c1-2-3-4-5-6-7-8-9-10-11-12-13-14-15-21(25)28-19(16-23)17-27-29(26)18-20(22)24/h19-20,23-24,29H,2-18,22H2,1H3. The second-order valence-corrected chi connectivity index (χ2v) is 9.18. The monoisotopic (exact) mass is 437 g/mol. The van der Waals surface area contributed by atoms with Crippen LogP contribution in [-0.2, 0) is 18.6 Å². The maximum absolute atomic E-state index is 11.8. The summed E-state index contributed by atoms with van der Waals surface area (Å²) in [5.74, 6) is -0.380. The Labute approximate surface area is 177 Å². The molecule has 0 fully saturated rings. The number of unbranched alkanes of at least 4 members (excludes halogenated alkanes) is 12. The number of carbonyl (C=O) groups excluding carboxylic acids is 1. The van der Waals surface area contributed by atoms with Crippen LogP contribution in [-0.4, -0.2) is 47.9 Å². The molecule has 0 bridgehead atoms. The lowest BCUT2D eigenvalue weighted by Crippen LogP contribution is -2.27. The molecule has 0 aromatic heterocycles. The van der Waals surface area contributed by atoms with Gasteiger partial charge in [0, 0.05) is 6.42 Å². The first kappa shape index (κ1) is 28.5. The predicted molar refractivity (Wildman–Crippen MR) is 117 cm³/mol. The van der Waals surface area contributed by atoms with Crippen LogP contribution in [0.3, 0.4) is 0 Å². The van der Waals surface area contributed by atoms with Gasteiger partial charge in [0.25, 0.3) is 0 Å². The van der Waals surface area contributed by atoms with Crippen LogP contribution in [0.2, 0.25) is 0 Å². The number of ether oxygens (including phenoxy) is 1. The molecule has 0 rings (SSSR count). The van der Waals surface area contributed by atoms with Crippen molar-refractivity contribution in [2.75, 3.05) is 19.4 Å². The molecule has 0 aliphatic rings.